The van der Waals surface area contributed by atoms with E-state index < -0.39 is 55.9 Å². The lowest BCUT2D eigenvalue weighted by atomic mass is 10.5. The fourth-order valence-electron chi connectivity index (χ4n) is 1.37. The minimum atomic E-state index is -4.69. The van der Waals surface area contributed by atoms with E-state index in [1.807, 2.05) is 0 Å². The van der Waals surface area contributed by atoms with Gasteiger partial charge in [0.05, 0.1) is 24.4 Å². The van der Waals surface area contributed by atoms with Crippen LogP contribution in [0.1, 0.15) is 55.4 Å². The molecular weight excluding hydrogens is 392 g/mol. The summed E-state index contributed by atoms with van der Waals surface area (Å²) in [5.74, 6) is 0. The number of hydrogen-bond donors (Lipinski definition) is 0. The zero-order valence-electron chi connectivity index (χ0n) is 16.4. The predicted molar refractivity (Wildman–Crippen MR) is 92.5 cm³/mol. The van der Waals surface area contributed by atoms with Gasteiger partial charge in [-0.2, -0.15) is 16.8 Å². The van der Waals surface area contributed by atoms with Crippen molar-refractivity contribution in [1.82, 2.24) is 0 Å². The summed E-state index contributed by atoms with van der Waals surface area (Å²) in [7, 11) is -9.39. The number of rotatable bonds is 13. The highest BCUT2D eigenvalue weighted by atomic mass is 32.2. The zero-order valence-corrected chi connectivity index (χ0v) is 18.0. The molecule has 0 aromatic rings. The van der Waals surface area contributed by atoms with Gasteiger partial charge in [0.15, 0.2) is 0 Å². The monoisotopic (exact) mass is 422 g/mol. The summed E-state index contributed by atoms with van der Waals surface area (Å²) >= 11 is 0. The molecule has 0 aromatic carbocycles. The Morgan fingerprint density at radius 1 is 0.462 bits per heavy atom. The molecule has 0 spiro atoms. The Bertz CT molecular complexity index is 521. The summed E-state index contributed by atoms with van der Waals surface area (Å²) in [5, 5.41) is 0. The molecule has 26 heavy (non-hydrogen) atoms. The van der Waals surface area contributed by atoms with Gasteiger partial charge in [-0.05, 0) is 55.4 Å². The van der Waals surface area contributed by atoms with Crippen molar-refractivity contribution < 1.29 is 44.5 Å². The Labute approximate surface area is 156 Å². The molecule has 0 fully saturated rings. The lowest BCUT2D eigenvalue weighted by molar-refractivity contribution is -0.172. The maximum atomic E-state index is 12.2. The number of hydrogen-bond acceptors (Lipinski definition) is 10. The Kier molecular flexibility index (Phi) is 10.7. The highest BCUT2D eigenvalue weighted by molar-refractivity contribution is 7.89. The van der Waals surface area contributed by atoms with E-state index >= 15 is 0 Å². The molecule has 0 N–H and O–H groups in total. The Morgan fingerprint density at radius 2 is 0.654 bits per heavy atom. The Balaban J connectivity index is 5.27. The van der Waals surface area contributed by atoms with Crippen molar-refractivity contribution in [1.29, 1.82) is 0 Å². The van der Waals surface area contributed by atoms with Crippen LogP contribution in [0.4, 0.5) is 0 Å². The van der Waals surface area contributed by atoms with Crippen LogP contribution >= 0.6 is 0 Å². The standard InChI is InChI=1S/C14H30O10S2/c1-9(2)19-13(20-10(3)4)25(15,16)23-24-26(17,18)14(21-11(5)6)22-12(7)8/h9-14H,1-8H3. The van der Waals surface area contributed by atoms with Crippen LogP contribution in [0, 0.1) is 0 Å². The first kappa shape index (κ1) is 25.7. The van der Waals surface area contributed by atoms with Gasteiger partial charge in [-0.3, -0.25) is 0 Å². The van der Waals surface area contributed by atoms with Crippen LogP contribution in [0.3, 0.4) is 0 Å². The van der Waals surface area contributed by atoms with E-state index in [1.54, 1.807) is 55.4 Å². The van der Waals surface area contributed by atoms with Crippen molar-refractivity contribution in [2.45, 2.75) is 91.0 Å². The molecule has 0 saturated carbocycles. The third-order valence-electron chi connectivity index (χ3n) is 2.22. The second-order valence-electron chi connectivity index (χ2n) is 6.44. The van der Waals surface area contributed by atoms with E-state index in [1.165, 1.54) is 0 Å². The summed E-state index contributed by atoms with van der Waals surface area (Å²) in [6.07, 6.45) is -2.13. The van der Waals surface area contributed by atoms with Gasteiger partial charge < -0.3 is 18.9 Å². The van der Waals surface area contributed by atoms with Crippen LogP contribution in [-0.4, -0.2) is 52.5 Å². The first-order valence-corrected chi connectivity index (χ1v) is 11.1. The van der Waals surface area contributed by atoms with E-state index in [9.17, 15) is 16.8 Å². The van der Waals surface area contributed by atoms with Crippen molar-refractivity contribution in [2.75, 3.05) is 0 Å². The molecule has 10 nitrogen and oxygen atoms in total. The molecule has 0 bridgehead atoms. The molecule has 0 rings (SSSR count). The summed E-state index contributed by atoms with van der Waals surface area (Å²) < 4.78 is 77.5. The SMILES string of the molecule is CC(C)OC(OC(C)C)S(=O)(=O)OOS(=O)(=O)C(OC(C)C)OC(C)C. The van der Waals surface area contributed by atoms with E-state index in [0.29, 0.717) is 0 Å². The molecule has 0 aliphatic carbocycles. The van der Waals surface area contributed by atoms with Crippen LogP contribution in [0.2, 0.25) is 0 Å². The van der Waals surface area contributed by atoms with E-state index in [2.05, 4.69) is 8.67 Å². The van der Waals surface area contributed by atoms with Gasteiger partial charge in [-0.15, -0.1) is 0 Å². The van der Waals surface area contributed by atoms with Crippen LogP contribution < -0.4 is 0 Å². The zero-order chi connectivity index (χ0) is 20.7. The van der Waals surface area contributed by atoms with E-state index in [0.717, 1.165) is 0 Å². The molecule has 158 valence electrons. The van der Waals surface area contributed by atoms with Gasteiger partial charge in [-0.25, -0.2) is 0 Å². The number of ether oxygens (including phenoxy) is 4. The topological polar surface area (TPSA) is 124 Å². The van der Waals surface area contributed by atoms with Crippen LogP contribution in [-0.2, 0) is 47.9 Å². The molecule has 0 aliphatic heterocycles. The lowest BCUT2D eigenvalue weighted by Gasteiger charge is -2.23. The van der Waals surface area contributed by atoms with Crippen molar-refractivity contribution in [3.05, 3.63) is 0 Å². The maximum absolute atomic E-state index is 12.2. The maximum Gasteiger partial charge on any atom is 0.348 e. The van der Waals surface area contributed by atoms with Gasteiger partial charge >= 0.3 is 20.2 Å². The van der Waals surface area contributed by atoms with Gasteiger partial charge in [-0.1, -0.05) is 8.67 Å². The van der Waals surface area contributed by atoms with Crippen LogP contribution in [0.5, 0.6) is 0 Å². The van der Waals surface area contributed by atoms with Crippen molar-refractivity contribution in [3.8, 4) is 0 Å². The first-order valence-electron chi connectivity index (χ1n) is 8.14. The molecule has 0 unspecified atom stereocenters. The molecular formula is C14H30O10S2. The van der Waals surface area contributed by atoms with Crippen molar-refractivity contribution >= 4 is 20.2 Å². The quantitative estimate of drug-likeness (QED) is 0.247. The highest BCUT2D eigenvalue weighted by Crippen LogP contribution is 2.18. The largest absolute Gasteiger partial charge is 0.348 e. The van der Waals surface area contributed by atoms with Gasteiger partial charge in [0.1, 0.15) is 0 Å². The highest BCUT2D eigenvalue weighted by Gasteiger charge is 2.37. The smallest absolute Gasteiger partial charge is 0.335 e. The molecule has 0 aliphatic rings. The average molecular weight is 423 g/mol. The van der Waals surface area contributed by atoms with Gasteiger partial charge in [0.2, 0.25) is 0 Å². The summed E-state index contributed by atoms with van der Waals surface area (Å²) in [4.78, 5) is 0. The van der Waals surface area contributed by atoms with Gasteiger partial charge in [0, 0.05) is 0 Å². The third kappa shape index (κ3) is 10.1. The molecule has 0 heterocycles. The fourth-order valence-corrected chi connectivity index (χ4v) is 3.55. The normalized spacial score (nSPS) is 13.9. The van der Waals surface area contributed by atoms with Crippen LogP contribution in [0.25, 0.3) is 0 Å². The first-order chi connectivity index (χ1) is 11.7. The second-order valence-corrected chi connectivity index (χ2v) is 9.45. The minimum absolute atomic E-state index is 0.532. The fraction of sp³-hybridized carbons (Fsp3) is 1.00. The summed E-state index contributed by atoms with van der Waals surface area (Å²) in [5.41, 5.74) is -3.73. The van der Waals surface area contributed by atoms with Gasteiger partial charge in [0.25, 0.3) is 11.2 Å². The lowest BCUT2D eigenvalue weighted by Crippen LogP contribution is -2.37. The van der Waals surface area contributed by atoms with E-state index in [4.69, 9.17) is 18.9 Å². The third-order valence-corrected chi connectivity index (χ3v) is 4.21. The minimum Gasteiger partial charge on any atom is -0.335 e. The molecule has 0 radical (unpaired) electrons. The van der Waals surface area contributed by atoms with E-state index in [-0.39, 0.29) is 0 Å². The molecule has 0 aromatic heterocycles. The summed E-state index contributed by atoms with van der Waals surface area (Å²) in [6, 6.07) is 0. The summed E-state index contributed by atoms with van der Waals surface area (Å²) in [6.45, 7) is 12.6. The van der Waals surface area contributed by atoms with Crippen molar-refractivity contribution in [3.63, 3.8) is 0 Å². The average Bonchev–Trinajstić information content (AvgIpc) is 2.42. The molecule has 0 saturated heterocycles. The van der Waals surface area contributed by atoms with Crippen LogP contribution in [0.15, 0.2) is 0 Å². The van der Waals surface area contributed by atoms with Crippen molar-refractivity contribution in [2.24, 2.45) is 0 Å². The second kappa shape index (κ2) is 10.9. The predicted octanol–water partition coefficient (Wildman–Crippen LogP) is 1.86. The molecule has 12 heteroatoms. The molecule has 0 atom stereocenters. The molecule has 0 amide bonds. The Hall–Kier alpha value is -0.340. The Morgan fingerprint density at radius 3 is 0.808 bits per heavy atom.